The Morgan fingerprint density at radius 3 is 1.95 bits per heavy atom. The van der Waals surface area contributed by atoms with Gasteiger partial charge < -0.3 is 18.5 Å². The summed E-state index contributed by atoms with van der Waals surface area (Å²) < 4.78 is 14.1. The average Bonchev–Trinajstić information content (AvgIpc) is 3.90. The van der Waals surface area contributed by atoms with Gasteiger partial charge >= 0.3 is 6.85 Å². The van der Waals surface area contributed by atoms with E-state index < -0.39 is 0 Å². The van der Waals surface area contributed by atoms with E-state index in [0.717, 1.165) is 61.7 Å². The number of nitrogens with zero attached hydrogens (tertiary/aromatic N) is 2. The van der Waals surface area contributed by atoms with Crippen LogP contribution in [-0.4, -0.2) is 12.4 Å². The molecule has 0 saturated heterocycles. The van der Waals surface area contributed by atoms with E-state index in [2.05, 4.69) is 192 Å². The lowest BCUT2D eigenvalue weighted by Crippen LogP contribution is -2.70. The lowest BCUT2D eigenvalue weighted by molar-refractivity contribution is 0.199. The van der Waals surface area contributed by atoms with Gasteiger partial charge in [-0.05, 0) is 118 Å². The van der Waals surface area contributed by atoms with Gasteiger partial charge in [0.25, 0.3) is 0 Å². The molecule has 13 rings (SSSR count). The standard InChI is InChI=1S/C58H53BN2O2/c1-55(2,3)35-24-25-46(39(28-35)34-18-10-9-11-19-34)60-47-32-40-37-20-12-14-22-48(37)62-50(40)33-45(47)59-51-41(31-43-38-21-13-15-23-49(38)63-54(43)53(51)60)42-29-36(56(4,5)6)30-44-52(42)61(59)58(8)27-17-16-26-57(44,58)7/h9-15,18-25,28-33H,16-17,26-27H2,1-8H3. The molecule has 0 N–H and O–H groups in total. The minimum atomic E-state index is -0.132. The Hall–Kier alpha value is -6.20. The first kappa shape index (κ1) is 37.4. The van der Waals surface area contributed by atoms with Crippen LogP contribution in [0, 0.1) is 0 Å². The number of para-hydroxylation sites is 2. The van der Waals surface area contributed by atoms with Gasteiger partial charge in [0.1, 0.15) is 16.7 Å². The third-order valence-electron chi connectivity index (χ3n) is 16.1. The molecule has 1 saturated carbocycles. The molecule has 3 aliphatic heterocycles. The largest absolute Gasteiger partial charge is 0.456 e. The van der Waals surface area contributed by atoms with E-state index in [-0.39, 0.29) is 28.6 Å². The molecule has 4 nitrogen and oxygen atoms in total. The van der Waals surface area contributed by atoms with Gasteiger partial charge in [-0.15, -0.1) is 0 Å². The second-order valence-corrected chi connectivity index (χ2v) is 21.6. The lowest BCUT2D eigenvalue weighted by atomic mass is 9.42. The first-order chi connectivity index (χ1) is 30.2. The van der Waals surface area contributed by atoms with Gasteiger partial charge in [-0.3, -0.25) is 0 Å². The van der Waals surface area contributed by atoms with Crippen molar-refractivity contribution in [2.24, 2.45) is 0 Å². The molecule has 0 spiro atoms. The Kier molecular flexibility index (Phi) is 7.29. The van der Waals surface area contributed by atoms with E-state index >= 15 is 0 Å². The van der Waals surface area contributed by atoms with Gasteiger partial charge in [0.15, 0.2) is 5.58 Å². The fourth-order valence-corrected chi connectivity index (χ4v) is 12.5. The van der Waals surface area contributed by atoms with Crippen molar-refractivity contribution in [3.05, 3.63) is 144 Å². The van der Waals surface area contributed by atoms with Gasteiger partial charge in [-0.2, -0.15) is 0 Å². The zero-order valence-corrected chi connectivity index (χ0v) is 37.7. The van der Waals surface area contributed by atoms with Crippen molar-refractivity contribution in [3.63, 3.8) is 0 Å². The van der Waals surface area contributed by atoms with Crippen molar-refractivity contribution in [1.29, 1.82) is 0 Å². The second-order valence-electron chi connectivity index (χ2n) is 21.6. The molecule has 5 heterocycles. The van der Waals surface area contributed by atoms with Crippen LogP contribution >= 0.6 is 0 Å². The summed E-state index contributed by atoms with van der Waals surface area (Å²) in [6.07, 6.45) is 4.77. The smallest absolute Gasteiger partial charge is 0.329 e. The summed E-state index contributed by atoms with van der Waals surface area (Å²) in [7, 11) is 0. The van der Waals surface area contributed by atoms with E-state index in [9.17, 15) is 0 Å². The predicted molar refractivity (Wildman–Crippen MR) is 266 cm³/mol. The maximum Gasteiger partial charge on any atom is 0.329 e. The fourth-order valence-electron chi connectivity index (χ4n) is 12.5. The van der Waals surface area contributed by atoms with Crippen molar-refractivity contribution in [2.45, 2.75) is 103 Å². The topological polar surface area (TPSA) is 32.8 Å². The monoisotopic (exact) mass is 820 g/mol. The Bertz CT molecular complexity index is 3430. The summed E-state index contributed by atoms with van der Waals surface area (Å²) in [5.74, 6) is 0. The quantitative estimate of drug-likeness (QED) is 0.163. The normalized spacial score (nSPS) is 20.2. The molecule has 2 atom stereocenters. The van der Waals surface area contributed by atoms with Gasteiger partial charge in [0.05, 0.1) is 11.4 Å². The molecule has 4 aliphatic rings. The summed E-state index contributed by atoms with van der Waals surface area (Å²) in [6, 6.07) is 47.9. The summed E-state index contributed by atoms with van der Waals surface area (Å²) in [5.41, 5.74) is 20.2. The number of rotatable bonds is 2. The zero-order valence-electron chi connectivity index (χ0n) is 37.7. The Morgan fingerprint density at radius 2 is 1.21 bits per heavy atom. The minimum Gasteiger partial charge on any atom is -0.456 e. The molecule has 1 aliphatic carbocycles. The molecule has 0 radical (unpaired) electrons. The third kappa shape index (κ3) is 4.83. The van der Waals surface area contributed by atoms with Crippen molar-refractivity contribution in [1.82, 2.24) is 0 Å². The highest BCUT2D eigenvalue weighted by molar-refractivity contribution is 6.93. The second kappa shape index (κ2) is 12.3. The first-order valence-electron chi connectivity index (χ1n) is 23.2. The van der Waals surface area contributed by atoms with Crippen LogP contribution in [0.2, 0.25) is 0 Å². The van der Waals surface area contributed by atoms with Crippen LogP contribution in [0.15, 0.2) is 136 Å². The predicted octanol–water partition coefficient (Wildman–Crippen LogP) is 14.7. The van der Waals surface area contributed by atoms with Crippen LogP contribution in [0.25, 0.3) is 66.1 Å². The Balaban J connectivity index is 1.25. The summed E-state index contributed by atoms with van der Waals surface area (Å²) >= 11 is 0. The van der Waals surface area contributed by atoms with Crippen molar-refractivity contribution < 1.29 is 8.83 Å². The average molecular weight is 821 g/mol. The molecule has 1 fully saturated rings. The first-order valence-corrected chi connectivity index (χ1v) is 23.2. The molecule has 7 aromatic carbocycles. The van der Waals surface area contributed by atoms with E-state index in [1.807, 2.05) is 0 Å². The van der Waals surface area contributed by atoms with Crippen LogP contribution < -0.4 is 20.6 Å². The summed E-state index contributed by atoms with van der Waals surface area (Å²) in [6.45, 7) is 19.2. The summed E-state index contributed by atoms with van der Waals surface area (Å²) in [5, 5.41) is 4.57. The van der Waals surface area contributed by atoms with Gasteiger partial charge in [-0.1, -0.05) is 140 Å². The highest BCUT2D eigenvalue weighted by atomic mass is 16.3. The van der Waals surface area contributed by atoms with Crippen LogP contribution in [0.4, 0.5) is 22.7 Å². The molecule has 0 amide bonds. The Morgan fingerprint density at radius 1 is 0.540 bits per heavy atom. The zero-order chi connectivity index (χ0) is 42.9. The van der Waals surface area contributed by atoms with Crippen LogP contribution in [0.5, 0.6) is 0 Å². The number of benzene rings is 7. The maximum atomic E-state index is 7.28. The van der Waals surface area contributed by atoms with E-state index in [4.69, 9.17) is 8.83 Å². The number of anilines is 4. The number of furan rings is 2. The van der Waals surface area contributed by atoms with Crippen LogP contribution in [0.1, 0.15) is 97.8 Å². The van der Waals surface area contributed by atoms with Gasteiger partial charge in [-0.25, -0.2) is 0 Å². The van der Waals surface area contributed by atoms with Crippen molar-refractivity contribution >= 4 is 84.4 Å². The molecular weight excluding hydrogens is 767 g/mol. The molecule has 5 heteroatoms. The fraction of sp³-hybridized carbons (Fsp3) is 0.276. The molecule has 2 aromatic heterocycles. The van der Waals surface area contributed by atoms with Crippen LogP contribution in [0.3, 0.4) is 0 Å². The van der Waals surface area contributed by atoms with Crippen molar-refractivity contribution in [2.75, 3.05) is 9.71 Å². The van der Waals surface area contributed by atoms with Crippen LogP contribution in [-0.2, 0) is 16.2 Å². The van der Waals surface area contributed by atoms with Gasteiger partial charge in [0, 0.05) is 55.0 Å². The number of fused-ring (bicyclic) bond motifs is 14. The molecule has 63 heavy (non-hydrogen) atoms. The summed E-state index contributed by atoms with van der Waals surface area (Å²) in [4.78, 5) is 5.53. The molecular formula is C58H53BN2O2. The minimum absolute atomic E-state index is 0.0331. The number of hydrogen-bond acceptors (Lipinski definition) is 4. The highest BCUT2D eigenvalue weighted by Gasteiger charge is 2.63. The number of hydrogen-bond donors (Lipinski definition) is 0. The highest BCUT2D eigenvalue weighted by Crippen LogP contribution is 2.64. The molecule has 310 valence electrons. The van der Waals surface area contributed by atoms with Gasteiger partial charge in [0.2, 0.25) is 0 Å². The van der Waals surface area contributed by atoms with Crippen molar-refractivity contribution in [3.8, 4) is 22.3 Å². The molecule has 9 aromatic rings. The van der Waals surface area contributed by atoms with E-state index in [1.54, 1.807) is 0 Å². The van der Waals surface area contributed by atoms with E-state index in [0.29, 0.717) is 0 Å². The third-order valence-corrected chi connectivity index (χ3v) is 16.1. The Labute approximate surface area is 370 Å². The lowest BCUT2D eigenvalue weighted by Gasteiger charge is -2.55. The SMILES string of the molecule is CC(C)(C)c1ccc(N2c3cc4c(cc3B3c5c(cc6c(oc7ccccc76)c52)-c2cc(C(C)(C)C)cc5c2N3C2(C)CCCCC52C)oc2ccccc24)c(-c2ccccc2)c1. The maximum absolute atomic E-state index is 7.28. The van der Waals surface area contributed by atoms with E-state index in [1.165, 1.54) is 80.5 Å². The molecule has 2 unspecified atom stereocenters. The molecule has 0 bridgehead atoms.